The number of aryl methyl sites for hydroxylation is 4. The van der Waals surface area contributed by atoms with Gasteiger partial charge < -0.3 is 37.2 Å². The van der Waals surface area contributed by atoms with Crippen LogP contribution in [0.2, 0.25) is 0 Å². The topological polar surface area (TPSA) is 0 Å². The molecule has 0 atom stereocenters. The molecular formula is C25H29Cl3Ti. The molecule has 0 aliphatic heterocycles. The maximum atomic E-state index is 2.42. The summed E-state index contributed by atoms with van der Waals surface area (Å²) in [6, 6.07) is 14.1. The fourth-order valence-electron chi connectivity index (χ4n) is 4.51. The van der Waals surface area contributed by atoms with Crippen LogP contribution >= 0.6 is 0 Å². The van der Waals surface area contributed by atoms with Gasteiger partial charge in [0.2, 0.25) is 0 Å². The third-order valence-electron chi connectivity index (χ3n) is 5.24. The molecule has 0 N–H and O–H groups in total. The summed E-state index contributed by atoms with van der Waals surface area (Å²) in [5.74, 6) is 0.904. The van der Waals surface area contributed by atoms with Crippen molar-refractivity contribution in [2.45, 2.75) is 53.9 Å². The van der Waals surface area contributed by atoms with Crippen LogP contribution in [0.4, 0.5) is 0 Å². The Kier molecular flexibility index (Phi) is 11.6. The van der Waals surface area contributed by atoms with E-state index < -0.39 is 0 Å². The van der Waals surface area contributed by atoms with E-state index in [2.05, 4.69) is 104 Å². The molecule has 0 nitrogen and oxygen atoms in total. The first-order chi connectivity index (χ1) is 12.3. The Labute approximate surface area is 207 Å². The zero-order valence-electron chi connectivity index (χ0n) is 18.0. The SMILES string of the molecule is Cc1cc(C)cc(C(C2=C(C(C)C)[C]([Ti+3])=CC2)c2cc(C)cc(C)c2)c1.[Cl-].[Cl-].[Cl-]. The van der Waals surface area contributed by atoms with Gasteiger partial charge in [0.05, 0.1) is 0 Å². The van der Waals surface area contributed by atoms with Crippen LogP contribution in [-0.4, -0.2) is 0 Å². The van der Waals surface area contributed by atoms with Crippen LogP contribution in [0, 0.1) is 33.6 Å². The van der Waals surface area contributed by atoms with Gasteiger partial charge in [-0.2, -0.15) is 0 Å². The summed E-state index contributed by atoms with van der Waals surface area (Å²) >= 11 is 2.28. The average Bonchev–Trinajstić information content (AvgIpc) is 2.87. The molecule has 0 saturated carbocycles. The molecule has 154 valence electrons. The number of benzene rings is 2. The standard InChI is InChI=1S/C25H29.3ClH.Ti/c1-16(2)23-8-7-9-24(23)25(21-12-17(3)10-18(4)13-21)22-14-19(5)11-20(6)15-22;;;;/h7,10-16,25H,9H2,1-6H3;3*1H;/q;;;;+3/p-3. The van der Waals surface area contributed by atoms with Crippen molar-refractivity contribution in [3.8, 4) is 0 Å². The number of rotatable bonds is 4. The normalized spacial score (nSPS) is 13.1. The van der Waals surface area contributed by atoms with Crippen molar-refractivity contribution in [3.05, 3.63) is 90.9 Å². The Morgan fingerprint density at radius 2 is 1.07 bits per heavy atom. The largest absolute Gasteiger partial charge is 1.00 e. The van der Waals surface area contributed by atoms with Gasteiger partial charge in [-0.15, -0.1) is 0 Å². The maximum Gasteiger partial charge on any atom is -1.00 e. The maximum absolute atomic E-state index is 2.42. The Morgan fingerprint density at radius 3 is 1.41 bits per heavy atom. The summed E-state index contributed by atoms with van der Waals surface area (Å²) in [4.78, 5) is 0. The second-order valence-corrected chi connectivity index (χ2v) is 9.03. The minimum Gasteiger partial charge on any atom is -1.00 e. The molecule has 0 aromatic heterocycles. The first-order valence-corrected chi connectivity index (χ1v) is 10.4. The fraction of sp³-hybridized carbons (Fsp3) is 0.360. The van der Waals surface area contributed by atoms with Gasteiger partial charge in [-0.1, -0.05) is 0 Å². The fourth-order valence-corrected chi connectivity index (χ4v) is 5.37. The van der Waals surface area contributed by atoms with Crippen LogP contribution < -0.4 is 37.2 Å². The van der Waals surface area contributed by atoms with Crippen molar-refractivity contribution in [1.82, 2.24) is 0 Å². The second kappa shape index (κ2) is 11.8. The first-order valence-electron chi connectivity index (χ1n) is 9.57. The van der Waals surface area contributed by atoms with E-state index in [0.29, 0.717) is 11.8 Å². The Morgan fingerprint density at radius 1 is 0.690 bits per heavy atom. The summed E-state index contributed by atoms with van der Waals surface area (Å²) < 4.78 is 1.47. The minimum absolute atomic E-state index is 0. The predicted octanol–water partition coefficient (Wildman–Crippen LogP) is -2.15. The monoisotopic (exact) mass is 482 g/mol. The Hall–Kier alpha value is -0.496. The smallest absolute Gasteiger partial charge is 1.00 e. The molecule has 0 spiro atoms. The molecule has 1 aliphatic rings. The van der Waals surface area contributed by atoms with E-state index in [4.69, 9.17) is 0 Å². The van der Waals surface area contributed by atoms with E-state index in [-0.39, 0.29) is 37.2 Å². The van der Waals surface area contributed by atoms with Gasteiger partial charge in [-0.3, -0.25) is 0 Å². The van der Waals surface area contributed by atoms with Gasteiger partial charge in [0.25, 0.3) is 0 Å². The zero-order chi connectivity index (χ0) is 19.0. The van der Waals surface area contributed by atoms with Crippen LogP contribution in [0.25, 0.3) is 0 Å². The molecule has 0 bridgehead atoms. The van der Waals surface area contributed by atoms with Crippen LogP contribution in [-0.2, 0) is 20.4 Å². The molecule has 0 heterocycles. The molecule has 1 aliphatic carbocycles. The van der Waals surface area contributed by atoms with Crippen molar-refractivity contribution >= 4 is 0 Å². The number of hydrogen-bond acceptors (Lipinski definition) is 0. The van der Waals surface area contributed by atoms with Crippen LogP contribution in [0.5, 0.6) is 0 Å². The molecular weight excluding hydrogens is 455 g/mol. The average molecular weight is 484 g/mol. The summed E-state index contributed by atoms with van der Waals surface area (Å²) in [5.41, 5.74) is 11.4. The number of allylic oxidation sites excluding steroid dienone is 4. The Bertz CT molecular complexity index is 818. The summed E-state index contributed by atoms with van der Waals surface area (Å²) in [6.07, 6.45) is 3.49. The Balaban J connectivity index is 0.00000261. The van der Waals surface area contributed by atoms with Crippen molar-refractivity contribution in [1.29, 1.82) is 0 Å². The molecule has 0 saturated heterocycles. The van der Waals surface area contributed by atoms with Gasteiger partial charge >= 0.3 is 171 Å². The minimum atomic E-state index is 0. The molecule has 0 unspecified atom stereocenters. The quantitative estimate of drug-likeness (QED) is 0.435. The number of hydrogen-bond donors (Lipinski definition) is 0. The summed E-state index contributed by atoms with van der Waals surface area (Å²) in [6.45, 7) is 13.5. The van der Waals surface area contributed by atoms with Crippen molar-refractivity contribution in [2.75, 3.05) is 0 Å². The molecule has 0 radical (unpaired) electrons. The van der Waals surface area contributed by atoms with Gasteiger partial charge in [-0.05, 0) is 0 Å². The van der Waals surface area contributed by atoms with E-state index in [9.17, 15) is 0 Å². The first kappa shape index (κ1) is 28.5. The van der Waals surface area contributed by atoms with Gasteiger partial charge in [0.15, 0.2) is 0 Å². The van der Waals surface area contributed by atoms with E-state index in [1.807, 2.05) is 0 Å². The molecule has 2 aromatic carbocycles. The van der Waals surface area contributed by atoms with Gasteiger partial charge in [-0.25, -0.2) is 0 Å². The van der Waals surface area contributed by atoms with Gasteiger partial charge in [0, 0.05) is 0 Å². The summed E-state index contributed by atoms with van der Waals surface area (Å²) in [5, 5.41) is 0. The second-order valence-electron chi connectivity index (χ2n) is 8.19. The van der Waals surface area contributed by atoms with Gasteiger partial charge in [0.1, 0.15) is 0 Å². The molecule has 4 heteroatoms. The zero-order valence-corrected chi connectivity index (χ0v) is 21.9. The van der Waals surface area contributed by atoms with Crippen LogP contribution in [0.15, 0.2) is 57.5 Å². The molecule has 3 rings (SSSR count). The predicted molar refractivity (Wildman–Crippen MR) is 108 cm³/mol. The number of halogens is 3. The van der Waals surface area contributed by atoms with E-state index >= 15 is 0 Å². The van der Waals surface area contributed by atoms with E-state index in [1.54, 1.807) is 11.1 Å². The molecule has 0 amide bonds. The van der Waals surface area contributed by atoms with E-state index in [1.165, 1.54) is 37.3 Å². The van der Waals surface area contributed by atoms with Crippen molar-refractivity contribution < 1.29 is 57.7 Å². The van der Waals surface area contributed by atoms with Crippen LogP contribution in [0.3, 0.4) is 0 Å². The van der Waals surface area contributed by atoms with Crippen molar-refractivity contribution in [2.24, 2.45) is 5.92 Å². The molecule has 2 aromatic rings. The van der Waals surface area contributed by atoms with Crippen LogP contribution in [0.1, 0.15) is 59.6 Å². The third-order valence-corrected chi connectivity index (χ3v) is 5.98. The van der Waals surface area contributed by atoms with Crippen molar-refractivity contribution in [3.63, 3.8) is 0 Å². The summed E-state index contributed by atoms with van der Waals surface area (Å²) in [7, 11) is 0. The van der Waals surface area contributed by atoms with E-state index in [0.717, 1.165) is 6.42 Å². The third kappa shape index (κ3) is 6.49. The molecule has 0 fully saturated rings. The molecule has 29 heavy (non-hydrogen) atoms.